The van der Waals surface area contributed by atoms with Gasteiger partial charge in [-0.1, -0.05) is 38.5 Å². The van der Waals surface area contributed by atoms with Crippen LogP contribution in [0.15, 0.2) is 42.5 Å². The smallest absolute Gasteiger partial charge is 0.321 e. The van der Waals surface area contributed by atoms with E-state index in [1.165, 1.54) is 5.56 Å². The van der Waals surface area contributed by atoms with Crippen molar-refractivity contribution in [3.05, 3.63) is 53.6 Å². The summed E-state index contributed by atoms with van der Waals surface area (Å²) in [5.41, 5.74) is 4.10. The highest BCUT2D eigenvalue weighted by molar-refractivity contribution is 5.89. The maximum atomic E-state index is 12.0. The van der Waals surface area contributed by atoms with Crippen LogP contribution in [0.2, 0.25) is 0 Å². The Morgan fingerprint density at radius 1 is 1.08 bits per heavy atom. The molecule has 0 aliphatic heterocycles. The van der Waals surface area contributed by atoms with Crippen molar-refractivity contribution in [2.45, 2.75) is 33.1 Å². The van der Waals surface area contributed by atoms with Crippen LogP contribution in [-0.4, -0.2) is 26.9 Å². The summed E-state index contributed by atoms with van der Waals surface area (Å²) in [6.45, 7) is 8.60. The van der Waals surface area contributed by atoms with Crippen molar-refractivity contribution in [3.63, 3.8) is 0 Å². The number of urea groups is 1. The lowest BCUT2D eigenvalue weighted by molar-refractivity contribution is 0.233. The predicted octanol–water partition coefficient (Wildman–Crippen LogP) is 4.52. The van der Waals surface area contributed by atoms with Crippen molar-refractivity contribution >= 4 is 17.4 Å². The second-order valence-corrected chi connectivity index (χ2v) is 7.61. The van der Waals surface area contributed by atoms with Crippen LogP contribution < -0.4 is 20.3 Å². The first-order valence-corrected chi connectivity index (χ1v) is 8.73. The Morgan fingerprint density at radius 3 is 2.31 bits per heavy atom. The summed E-state index contributed by atoms with van der Waals surface area (Å²) in [5, 5.41) is 5.53. The van der Waals surface area contributed by atoms with Gasteiger partial charge < -0.3 is 20.3 Å². The van der Waals surface area contributed by atoms with Crippen LogP contribution in [0.5, 0.6) is 5.75 Å². The SMILES string of the molecule is Cc1ccc(OCNC(=O)Nc2ccc(N(C)C)cc2)c(C(C)(C)C)c1. The molecule has 0 saturated heterocycles. The zero-order valence-corrected chi connectivity index (χ0v) is 16.5. The maximum absolute atomic E-state index is 12.0. The number of carbonyl (C=O) groups is 1. The van der Waals surface area contributed by atoms with Gasteiger partial charge in [0.05, 0.1) is 0 Å². The Morgan fingerprint density at radius 2 is 1.73 bits per heavy atom. The average molecular weight is 355 g/mol. The molecule has 0 aliphatic rings. The molecule has 2 aromatic rings. The van der Waals surface area contributed by atoms with E-state index in [1.54, 1.807) is 0 Å². The molecule has 5 nitrogen and oxygen atoms in total. The van der Waals surface area contributed by atoms with E-state index in [9.17, 15) is 4.79 Å². The van der Waals surface area contributed by atoms with E-state index < -0.39 is 0 Å². The lowest BCUT2D eigenvalue weighted by Crippen LogP contribution is -2.32. The van der Waals surface area contributed by atoms with Crippen LogP contribution in [0.1, 0.15) is 31.9 Å². The Kier molecular flexibility index (Phi) is 6.14. The van der Waals surface area contributed by atoms with Crippen molar-refractivity contribution in [3.8, 4) is 5.75 Å². The van der Waals surface area contributed by atoms with E-state index in [1.807, 2.05) is 55.4 Å². The van der Waals surface area contributed by atoms with Crippen LogP contribution in [0.4, 0.5) is 16.2 Å². The van der Waals surface area contributed by atoms with Gasteiger partial charge in [-0.25, -0.2) is 4.79 Å². The van der Waals surface area contributed by atoms with Crippen molar-refractivity contribution in [1.82, 2.24) is 5.32 Å². The summed E-state index contributed by atoms with van der Waals surface area (Å²) in [6.07, 6.45) is 0. The number of carbonyl (C=O) groups excluding carboxylic acids is 1. The summed E-state index contributed by atoms with van der Waals surface area (Å²) in [4.78, 5) is 14.1. The van der Waals surface area contributed by atoms with Crippen LogP contribution in [0.25, 0.3) is 0 Å². The van der Waals surface area contributed by atoms with Gasteiger partial charge in [0.1, 0.15) is 5.75 Å². The minimum Gasteiger partial charge on any atom is -0.473 e. The summed E-state index contributed by atoms with van der Waals surface area (Å²) in [6, 6.07) is 13.4. The molecule has 0 heterocycles. The standard InChI is InChI=1S/C21H29N3O2/c1-15-7-12-19(18(13-15)21(2,3)4)26-14-22-20(25)23-16-8-10-17(11-9-16)24(5)6/h7-13H,14H2,1-6H3,(H2,22,23,25). The van der Waals surface area contributed by atoms with Gasteiger partial charge in [0.25, 0.3) is 0 Å². The Hall–Kier alpha value is -2.69. The number of aryl methyl sites for hydroxylation is 1. The average Bonchev–Trinajstić information content (AvgIpc) is 2.55. The number of amides is 2. The van der Waals surface area contributed by atoms with E-state index in [2.05, 4.69) is 44.4 Å². The summed E-state index contributed by atoms with van der Waals surface area (Å²) in [7, 11) is 3.95. The summed E-state index contributed by atoms with van der Waals surface area (Å²) < 4.78 is 5.80. The third-order valence-corrected chi connectivity index (χ3v) is 4.05. The molecule has 140 valence electrons. The minimum atomic E-state index is -0.299. The number of nitrogens with zero attached hydrogens (tertiary/aromatic N) is 1. The van der Waals surface area contributed by atoms with Gasteiger partial charge in [-0.3, -0.25) is 0 Å². The van der Waals surface area contributed by atoms with Crippen molar-refractivity contribution in [2.75, 3.05) is 31.0 Å². The molecule has 0 aliphatic carbocycles. The van der Waals surface area contributed by atoms with Crippen molar-refractivity contribution in [2.24, 2.45) is 0 Å². The number of benzene rings is 2. The number of anilines is 2. The fraction of sp³-hybridized carbons (Fsp3) is 0.381. The molecule has 0 fully saturated rings. The predicted molar refractivity (Wildman–Crippen MR) is 108 cm³/mol. The Bertz CT molecular complexity index is 747. The largest absolute Gasteiger partial charge is 0.473 e. The van der Waals surface area contributed by atoms with Crippen molar-refractivity contribution < 1.29 is 9.53 Å². The molecule has 0 radical (unpaired) electrons. The molecular formula is C21H29N3O2. The zero-order chi connectivity index (χ0) is 19.3. The van der Waals surface area contributed by atoms with E-state index >= 15 is 0 Å². The molecule has 5 heteroatoms. The Balaban J connectivity index is 1.91. The maximum Gasteiger partial charge on any atom is 0.321 e. The molecule has 0 saturated carbocycles. The lowest BCUT2D eigenvalue weighted by Gasteiger charge is -2.23. The van der Waals surface area contributed by atoms with Crippen LogP contribution in [-0.2, 0) is 5.41 Å². The molecule has 0 unspecified atom stereocenters. The second-order valence-electron chi connectivity index (χ2n) is 7.61. The zero-order valence-electron chi connectivity index (χ0n) is 16.5. The number of ether oxygens (including phenoxy) is 1. The summed E-state index contributed by atoms with van der Waals surface area (Å²) >= 11 is 0. The van der Waals surface area contributed by atoms with Gasteiger partial charge in [-0.05, 0) is 48.2 Å². The highest BCUT2D eigenvalue weighted by Crippen LogP contribution is 2.32. The van der Waals surface area contributed by atoms with Gasteiger partial charge in [0.2, 0.25) is 0 Å². The molecule has 2 aromatic carbocycles. The van der Waals surface area contributed by atoms with E-state index in [0.29, 0.717) is 0 Å². The third kappa shape index (κ3) is 5.41. The summed E-state index contributed by atoms with van der Waals surface area (Å²) in [5.74, 6) is 0.790. The van der Waals surface area contributed by atoms with Gasteiger partial charge in [-0.2, -0.15) is 0 Å². The van der Waals surface area contributed by atoms with Gasteiger partial charge >= 0.3 is 6.03 Å². The van der Waals surface area contributed by atoms with Crippen LogP contribution in [0, 0.1) is 6.92 Å². The fourth-order valence-corrected chi connectivity index (χ4v) is 2.55. The number of nitrogens with one attached hydrogen (secondary N) is 2. The molecule has 26 heavy (non-hydrogen) atoms. The first kappa shape index (κ1) is 19.6. The molecule has 2 N–H and O–H groups in total. The third-order valence-electron chi connectivity index (χ3n) is 4.05. The molecule has 0 atom stereocenters. The monoisotopic (exact) mass is 355 g/mol. The first-order chi connectivity index (χ1) is 12.2. The highest BCUT2D eigenvalue weighted by atomic mass is 16.5. The van der Waals surface area contributed by atoms with E-state index in [0.717, 1.165) is 22.7 Å². The minimum absolute atomic E-state index is 0.0300. The van der Waals surface area contributed by atoms with Gasteiger partial charge in [0.15, 0.2) is 6.73 Å². The Labute approximate surface area is 156 Å². The molecule has 0 aromatic heterocycles. The quantitative estimate of drug-likeness (QED) is 0.776. The number of hydrogen-bond acceptors (Lipinski definition) is 3. The molecule has 0 spiro atoms. The highest BCUT2D eigenvalue weighted by Gasteiger charge is 2.19. The van der Waals surface area contributed by atoms with Crippen LogP contribution >= 0.6 is 0 Å². The molecular weight excluding hydrogens is 326 g/mol. The second kappa shape index (κ2) is 8.13. The van der Waals surface area contributed by atoms with Gasteiger partial charge in [0, 0.05) is 25.5 Å². The van der Waals surface area contributed by atoms with E-state index in [-0.39, 0.29) is 18.2 Å². The molecule has 2 amide bonds. The first-order valence-electron chi connectivity index (χ1n) is 8.73. The van der Waals surface area contributed by atoms with Crippen LogP contribution in [0.3, 0.4) is 0 Å². The normalized spacial score (nSPS) is 11.0. The number of rotatable bonds is 5. The topological polar surface area (TPSA) is 53.6 Å². The molecule has 0 bridgehead atoms. The number of hydrogen-bond donors (Lipinski definition) is 2. The fourth-order valence-electron chi connectivity index (χ4n) is 2.55. The lowest BCUT2D eigenvalue weighted by atomic mass is 9.85. The van der Waals surface area contributed by atoms with E-state index in [4.69, 9.17) is 4.74 Å². The molecule has 2 rings (SSSR count). The van der Waals surface area contributed by atoms with Crippen molar-refractivity contribution in [1.29, 1.82) is 0 Å². The van der Waals surface area contributed by atoms with Gasteiger partial charge in [-0.15, -0.1) is 0 Å².